The molecule has 1 amide bonds. The molecule has 0 spiro atoms. The highest BCUT2D eigenvalue weighted by Crippen LogP contribution is 2.36. The minimum Gasteiger partial charge on any atom is -0.458 e. The lowest BCUT2D eigenvalue weighted by molar-refractivity contribution is 0.0655. The zero-order valence-corrected chi connectivity index (χ0v) is 14.1. The fourth-order valence-electron chi connectivity index (χ4n) is 3.54. The van der Waals surface area contributed by atoms with Crippen LogP contribution in [0, 0.1) is 0 Å². The van der Waals surface area contributed by atoms with E-state index in [2.05, 4.69) is 20.1 Å². The number of carbonyl (C=O) groups is 1. The topological polar surface area (TPSA) is 92.8 Å². The third-order valence-electron chi connectivity index (χ3n) is 4.80. The second kappa shape index (κ2) is 5.55. The van der Waals surface area contributed by atoms with Gasteiger partial charge in [-0.05, 0) is 12.1 Å². The molecule has 0 saturated heterocycles. The van der Waals surface area contributed by atoms with E-state index < -0.39 is 6.04 Å². The lowest BCUT2D eigenvalue weighted by atomic mass is 10.00. The van der Waals surface area contributed by atoms with Crippen LogP contribution in [-0.4, -0.2) is 42.1 Å². The minimum absolute atomic E-state index is 0.191. The number of aromatic amines is 1. The van der Waals surface area contributed by atoms with Gasteiger partial charge in [0.2, 0.25) is 5.82 Å². The molecule has 0 fully saturated rings. The number of hydrogen-bond donors (Lipinski definition) is 1. The summed E-state index contributed by atoms with van der Waals surface area (Å²) >= 11 is 0. The van der Waals surface area contributed by atoms with Crippen molar-refractivity contribution < 1.29 is 9.21 Å². The van der Waals surface area contributed by atoms with Gasteiger partial charge in [0.1, 0.15) is 23.7 Å². The maximum absolute atomic E-state index is 13.1. The Morgan fingerprint density at radius 2 is 2.19 bits per heavy atom. The summed E-state index contributed by atoms with van der Waals surface area (Å²) in [5.41, 5.74) is 2.62. The standard InChI is InChI=1S/C18H16N6O2/c1-23-17(21-10-22-23)18(25)24-7-6-12-15(20-9-19-12)16(24)14-8-11-4-2-3-5-13(11)26-14/h2-5,8-10,16H,6-7H2,1H3,(H,19,20)/t16-/m1/s1. The van der Waals surface area contributed by atoms with Gasteiger partial charge >= 0.3 is 0 Å². The zero-order chi connectivity index (χ0) is 17.7. The summed E-state index contributed by atoms with van der Waals surface area (Å²) in [4.78, 5) is 26.6. The number of fused-ring (bicyclic) bond motifs is 2. The molecule has 0 aliphatic carbocycles. The molecular formula is C18H16N6O2. The summed E-state index contributed by atoms with van der Waals surface area (Å²) in [6.07, 6.45) is 3.75. The van der Waals surface area contributed by atoms with Crippen molar-refractivity contribution in [1.82, 2.24) is 29.6 Å². The van der Waals surface area contributed by atoms with Gasteiger partial charge in [-0.15, -0.1) is 0 Å². The number of nitrogens with zero attached hydrogens (tertiary/aromatic N) is 5. The fourth-order valence-corrected chi connectivity index (χ4v) is 3.54. The van der Waals surface area contributed by atoms with Gasteiger partial charge in [0, 0.05) is 31.1 Å². The molecule has 1 aliphatic rings. The molecule has 1 aliphatic heterocycles. The summed E-state index contributed by atoms with van der Waals surface area (Å²) in [5, 5.41) is 5.01. The Kier molecular flexibility index (Phi) is 3.18. The Hall–Kier alpha value is -3.42. The number of hydrogen-bond acceptors (Lipinski definition) is 5. The first-order chi connectivity index (χ1) is 12.7. The van der Waals surface area contributed by atoms with Crippen molar-refractivity contribution in [2.24, 2.45) is 7.05 Å². The Labute approximate surface area is 148 Å². The van der Waals surface area contributed by atoms with Crippen LogP contribution in [0.5, 0.6) is 0 Å². The summed E-state index contributed by atoms with van der Waals surface area (Å²) in [7, 11) is 1.71. The van der Waals surface area contributed by atoms with E-state index in [0.717, 1.165) is 22.4 Å². The van der Waals surface area contributed by atoms with Crippen LogP contribution in [0.3, 0.4) is 0 Å². The molecule has 8 heteroatoms. The molecule has 3 aromatic heterocycles. The maximum Gasteiger partial charge on any atom is 0.292 e. The van der Waals surface area contributed by atoms with E-state index in [1.807, 2.05) is 30.3 Å². The van der Waals surface area contributed by atoms with Crippen molar-refractivity contribution in [2.75, 3.05) is 6.54 Å². The molecule has 4 aromatic rings. The monoisotopic (exact) mass is 348 g/mol. The van der Waals surface area contributed by atoms with Crippen molar-refractivity contribution in [3.8, 4) is 0 Å². The van der Waals surface area contributed by atoms with Crippen LogP contribution in [0.25, 0.3) is 11.0 Å². The Bertz CT molecular complexity index is 1070. The molecule has 0 unspecified atom stereocenters. The number of H-pyrrole nitrogens is 1. The first-order valence-electron chi connectivity index (χ1n) is 8.38. The molecule has 1 N–H and O–H groups in total. The number of imidazole rings is 1. The van der Waals surface area contributed by atoms with E-state index in [1.54, 1.807) is 18.3 Å². The highest BCUT2D eigenvalue weighted by atomic mass is 16.3. The number of rotatable bonds is 2. The fraction of sp³-hybridized carbons (Fsp3) is 0.222. The van der Waals surface area contributed by atoms with Crippen molar-refractivity contribution in [1.29, 1.82) is 0 Å². The van der Waals surface area contributed by atoms with Crippen LogP contribution in [-0.2, 0) is 13.5 Å². The van der Waals surface area contributed by atoms with Gasteiger partial charge in [-0.25, -0.2) is 14.6 Å². The quantitative estimate of drug-likeness (QED) is 0.599. The average Bonchev–Trinajstić information content (AvgIpc) is 3.38. The average molecular weight is 348 g/mol. The maximum atomic E-state index is 13.1. The number of amides is 1. The van der Waals surface area contributed by atoms with Gasteiger partial charge in [0.05, 0.1) is 12.0 Å². The molecule has 1 atom stereocenters. The van der Waals surface area contributed by atoms with Crippen molar-refractivity contribution in [3.63, 3.8) is 0 Å². The number of carbonyl (C=O) groups excluding carboxylic acids is 1. The molecule has 1 aromatic carbocycles. The van der Waals surface area contributed by atoms with Gasteiger partial charge in [0.25, 0.3) is 5.91 Å². The normalized spacial score (nSPS) is 16.8. The third-order valence-corrected chi connectivity index (χ3v) is 4.80. The summed E-state index contributed by atoms with van der Waals surface area (Å²) < 4.78 is 7.56. The molecule has 26 heavy (non-hydrogen) atoms. The molecular weight excluding hydrogens is 332 g/mol. The van der Waals surface area contributed by atoms with E-state index in [1.165, 1.54) is 11.0 Å². The molecule has 0 saturated carbocycles. The van der Waals surface area contributed by atoms with Gasteiger partial charge < -0.3 is 14.3 Å². The van der Waals surface area contributed by atoms with Crippen LogP contribution >= 0.6 is 0 Å². The number of nitrogens with one attached hydrogen (secondary N) is 1. The predicted molar refractivity (Wildman–Crippen MR) is 92.4 cm³/mol. The number of aromatic nitrogens is 5. The van der Waals surface area contributed by atoms with E-state index in [0.29, 0.717) is 24.6 Å². The van der Waals surface area contributed by atoms with Gasteiger partial charge in [-0.3, -0.25) is 4.79 Å². The van der Waals surface area contributed by atoms with Gasteiger partial charge in [-0.2, -0.15) is 5.10 Å². The Balaban J connectivity index is 1.64. The van der Waals surface area contributed by atoms with Gasteiger partial charge in [-0.1, -0.05) is 18.2 Å². The van der Waals surface area contributed by atoms with Crippen LogP contribution in [0.4, 0.5) is 0 Å². The van der Waals surface area contributed by atoms with Crippen molar-refractivity contribution in [2.45, 2.75) is 12.5 Å². The van der Waals surface area contributed by atoms with E-state index in [-0.39, 0.29) is 5.91 Å². The summed E-state index contributed by atoms with van der Waals surface area (Å²) in [5.74, 6) is 0.795. The van der Waals surface area contributed by atoms with Crippen molar-refractivity contribution in [3.05, 3.63) is 66.0 Å². The second-order valence-corrected chi connectivity index (χ2v) is 6.31. The van der Waals surface area contributed by atoms with Crippen LogP contribution in [0.15, 0.2) is 47.4 Å². The van der Waals surface area contributed by atoms with E-state index >= 15 is 0 Å². The lowest BCUT2D eigenvalue weighted by Gasteiger charge is -2.33. The number of aryl methyl sites for hydroxylation is 1. The SMILES string of the molecule is Cn1ncnc1C(=O)N1CCc2[nH]cnc2[C@H]1c1cc2ccccc2o1. The summed E-state index contributed by atoms with van der Waals surface area (Å²) in [6, 6.07) is 9.37. The first kappa shape index (κ1) is 14.9. The number of para-hydroxylation sites is 1. The summed E-state index contributed by atoms with van der Waals surface area (Å²) in [6.45, 7) is 0.544. The Morgan fingerprint density at radius 1 is 1.31 bits per heavy atom. The largest absolute Gasteiger partial charge is 0.458 e. The van der Waals surface area contributed by atoms with Crippen LogP contribution in [0.2, 0.25) is 0 Å². The predicted octanol–water partition coefficient (Wildman–Crippen LogP) is 2.07. The molecule has 130 valence electrons. The smallest absolute Gasteiger partial charge is 0.292 e. The molecule has 8 nitrogen and oxygen atoms in total. The molecule has 5 rings (SSSR count). The molecule has 4 heterocycles. The second-order valence-electron chi connectivity index (χ2n) is 6.31. The highest BCUT2D eigenvalue weighted by molar-refractivity contribution is 5.91. The lowest BCUT2D eigenvalue weighted by Crippen LogP contribution is -2.41. The Morgan fingerprint density at radius 3 is 3.00 bits per heavy atom. The van der Waals surface area contributed by atoms with Crippen LogP contribution in [0.1, 0.15) is 33.8 Å². The van der Waals surface area contributed by atoms with E-state index in [4.69, 9.17) is 4.42 Å². The van der Waals surface area contributed by atoms with E-state index in [9.17, 15) is 4.79 Å². The zero-order valence-electron chi connectivity index (χ0n) is 14.1. The minimum atomic E-state index is -0.401. The number of furan rings is 1. The number of benzene rings is 1. The van der Waals surface area contributed by atoms with Gasteiger partial charge in [0.15, 0.2) is 0 Å². The molecule has 0 radical (unpaired) electrons. The highest BCUT2D eigenvalue weighted by Gasteiger charge is 2.37. The van der Waals surface area contributed by atoms with Crippen LogP contribution < -0.4 is 0 Å². The first-order valence-corrected chi connectivity index (χ1v) is 8.38. The van der Waals surface area contributed by atoms with Crippen molar-refractivity contribution >= 4 is 16.9 Å². The third kappa shape index (κ3) is 2.15. The molecule has 0 bridgehead atoms.